The Balaban J connectivity index is 1.99. The summed E-state index contributed by atoms with van der Waals surface area (Å²) in [5.41, 5.74) is 3.64. The zero-order valence-corrected chi connectivity index (χ0v) is 11.3. The van der Waals surface area contributed by atoms with Gasteiger partial charge in [0, 0.05) is 37.2 Å². The lowest BCUT2D eigenvalue weighted by Gasteiger charge is -2.35. The van der Waals surface area contributed by atoms with Crippen LogP contribution in [-0.2, 0) is 6.42 Å². The number of nitrogens with one attached hydrogen (secondary N) is 1. The standard InChI is InChI=1S/C14H19N5/c1-10-9-15-5-3-11-13(10)17-12-4-6-16-19(12)14(11)18-7-2-8-18/h4,6,10,15H,2-3,5,7-9H2,1H3. The summed E-state index contributed by atoms with van der Waals surface area (Å²) in [4.78, 5) is 7.30. The molecule has 1 unspecified atom stereocenters. The molecule has 100 valence electrons. The van der Waals surface area contributed by atoms with Crippen LogP contribution in [0.15, 0.2) is 12.3 Å². The van der Waals surface area contributed by atoms with E-state index >= 15 is 0 Å². The number of nitrogens with zero attached hydrogens (tertiary/aromatic N) is 4. The zero-order chi connectivity index (χ0) is 12.8. The minimum atomic E-state index is 0.470. The van der Waals surface area contributed by atoms with Crippen LogP contribution in [0.4, 0.5) is 5.82 Å². The smallest absolute Gasteiger partial charge is 0.157 e. The molecule has 4 heterocycles. The molecule has 2 aromatic rings. The van der Waals surface area contributed by atoms with Crippen molar-refractivity contribution in [2.75, 3.05) is 31.1 Å². The zero-order valence-electron chi connectivity index (χ0n) is 11.3. The van der Waals surface area contributed by atoms with E-state index in [-0.39, 0.29) is 0 Å². The number of anilines is 1. The Labute approximate surface area is 112 Å². The Bertz CT molecular complexity index is 614. The largest absolute Gasteiger partial charge is 0.356 e. The fraction of sp³-hybridized carbons (Fsp3) is 0.571. The Hall–Kier alpha value is -1.62. The molecule has 0 bridgehead atoms. The molecule has 0 aliphatic carbocycles. The molecule has 0 radical (unpaired) electrons. The molecule has 1 fully saturated rings. The fourth-order valence-corrected chi connectivity index (χ4v) is 3.11. The highest BCUT2D eigenvalue weighted by atomic mass is 15.4. The molecule has 2 aliphatic rings. The van der Waals surface area contributed by atoms with Crippen LogP contribution in [0.1, 0.15) is 30.5 Å². The summed E-state index contributed by atoms with van der Waals surface area (Å²) in [6.07, 6.45) is 4.19. The molecule has 0 aromatic carbocycles. The van der Waals surface area contributed by atoms with Crippen molar-refractivity contribution in [1.82, 2.24) is 19.9 Å². The van der Waals surface area contributed by atoms with Crippen molar-refractivity contribution in [2.24, 2.45) is 0 Å². The average Bonchev–Trinajstić information content (AvgIpc) is 2.73. The van der Waals surface area contributed by atoms with Gasteiger partial charge in [0.15, 0.2) is 5.65 Å². The van der Waals surface area contributed by atoms with Gasteiger partial charge in [-0.3, -0.25) is 0 Å². The average molecular weight is 257 g/mol. The summed E-state index contributed by atoms with van der Waals surface area (Å²) >= 11 is 0. The third kappa shape index (κ3) is 1.64. The first kappa shape index (κ1) is 11.2. The molecule has 1 saturated heterocycles. The first-order valence-electron chi connectivity index (χ1n) is 7.17. The number of aromatic nitrogens is 3. The van der Waals surface area contributed by atoms with Crippen LogP contribution in [-0.4, -0.2) is 40.8 Å². The predicted octanol–water partition coefficient (Wildman–Crippen LogP) is 1.19. The van der Waals surface area contributed by atoms with Crippen molar-refractivity contribution in [3.05, 3.63) is 23.5 Å². The van der Waals surface area contributed by atoms with Crippen molar-refractivity contribution in [3.8, 4) is 0 Å². The minimum absolute atomic E-state index is 0.470. The highest BCUT2D eigenvalue weighted by Gasteiger charge is 2.27. The van der Waals surface area contributed by atoms with E-state index in [4.69, 9.17) is 4.98 Å². The highest BCUT2D eigenvalue weighted by Crippen LogP contribution is 2.32. The molecule has 1 atom stereocenters. The van der Waals surface area contributed by atoms with Gasteiger partial charge in [0.2, 0.25) is 0 Å². The van der Waals surface area contributed by atoms with Crippen molar-refractivity contribution >= 4 is 11.5 Å². The second-order valence-corrected chi connectivity index (χ2v) is 5.60. The van der Waals surface area contributed by atoms with Gasteiger partial charge in [-0.2, -0.15) is 9.61 Å². The quantitative estimate of drug-likeness (QED) is 0.833. The van der Waals surface area contributed by atoms with E-state index in [1.54, 1.807) is 0 Å². The van der Waals surface area contributed by atoms with Crippen LogP contribution in [0.3, 0.4) is 0 Å². The maximum absolute atomic E-state index is 4.85. The Morgan fingerprint density at radius 2 is 2.26 bits per heavy atom. The van der Waals surface area contributed by atoms with Crippen molar-refractivity contribution in [3.63, 3.8) is 0 Å². The highest BCUT2D eigenvalue weighted by molar-refractivity contribution is 5.59. The molecule has 4 rings (SSSR count). The number of hydrogen-bond acceptors (Lipinski definition) is 4. The summed E-state index contributed by atoms with van der Waals surface area (Å²) in [7, 11) is 0. The first-order valence-corrected chi connectivity index (χ1v) is 7.17. The van der Waals surface area contributed by atoms with Crippen molar-refractivity contribution in [1.29, 1.82) is 0 Å². The van der Waals surface area contributed by atoms with Crippen molar-refractivity contribution in [2.45, 2.75) is 25.7 Å². The third-order valence-electron chi connectivity index (χ3n) is 4.26. The molecule has 2 aromatic heterocycles. The summed E-state index contributed by atoms with van der Waals surface area (Å²) < 4.78 is 2.02. The van der Waals surface area contributed by atoms with E-state index < -0.39 is 0 Å². The molecule has 0 spiro atoms. The molecular weight excluding hydrogens is 238 g/mol. The topological polar surface area (TPSA) is 45.5 Å². The van der Waals surface area contributed by atoms with E-state index in [1.807, 2.05) is 16.8 Å². The van der Waals surface area contributed by atoms with Gasteiger partial charge in [-0.25, -0.2) is 4.98 Å². The molecule has 5 heteroatoms. The Morgan fingerprint density at radius 1 is 1.37 bits per heavy atom. The summed E-state index contributed by atoms with van der Waals surface area (Å²) in [5, 5.41) is 7.98. The molecule has 2 aliphatic heterocycles. The van der Waals surface area contributed by atoms with Crippen LogP contribution < -0.4 is 10.2 Å². The molecular formula is C14H19N5. The summed E-state index contributed by atoms with van der Waals surface area (Å²) in [6.45, 7) is 6.60. The van der Waals surface area contributed by atoms with Gasteiger partial charge in [-0.1, -0.05) is 6.92 Å². The summed E-state index contributed by atoms with van der Waals surface area (Å²) in [6, 6.07) is 2.01. The fourth-order valence-electron chi connectivity index (χ4n) is 3.11. The molecule has 1 N–H and O–H groups in total. The number of rotatable bonds is 1. The van der Waals surface area contributed by atoms with Crippen LogP contribution >= 0.6 is 0 Å². The summed E-state index contributed by atoms with van der Waals surface area (Å²) in [5.74, 6) is 1.75. The Kier molecular flexibility index (Phi) is 2.48. The van der Waals surface area contributed by atoms with Gasteiger partial charge in [0.1, 0.15) is 5.82 Å². The van der Waals surface area contributed by atoms with Gasteiger partial charge in [0.05, 0.1) is 11.9 Å². The van der Waals surface area contributed by atoms with Gasteiger partial charge in [0.25, 0.3) is 0 Å². The first-order chi connectivity index (χ1) is 9.34. The van der Waals surface area contributed by atoms with E-state index in [1.165, 1.54) is 23.5 Å². The molecule has 0 saturated carbocycles. The minimum Gasteiger partial charge on any atom is -0.356 e. The Morgan fingerprint density at radius 3 is 3.05 bits per heavy atom. The lowest BCUT2D eigenvalue weighted by Crippen LogP contribution is -2.39. The maximum atomic E-state index is 4.85. The van der Waals surface area contributed by atoms with Crippen LogP contribution in [0.2, 0.25) is 0 Å². The second-order valence-electron chi connectivity index (χ2n) is 5.60. The van der Waals surface area contributed by atoms with Crippen molar-refractivity contribution < 1.29 is 0 Å². The van der Waals surface area contributed by atoms with E-state index in [0.29, 0.717) is 5.92 Å². The molecule has 5 nitrogen and oxygen atoms in total. The van der Waals surface area contributed by atoms with Gasteiger partial charge in [-0.15, -0.1) is 0 Å². The molecule has 0 amide bonds. The van der Waals surface area contributed by atoms with Gasteiger partial charge in [-0.05, 0) is 19.4 Å². The lowest BCUT2D eigenvalue weighted by atomic mass is 10.0. The number of hydrogen-bond donors (Lipinski definition) is 1. The van der Waals surface area contributed by atoms with E-state index in [0.717, 1.165) is 38.2 Å². The third-order valence-corrected chi connectivity index (χ3v) is 4.26. The van der Waals surface area contributed by atoms with E-state index in [2.05, 4.69) is 22.2 Å². The number of fused-ring (bicyclic) bond motifs is 2. The van der Waals surface area contributed by atoms with Gasteiger partial charge < -0.3 is 10.2 Å². The van der Waals surface area contributed by atoms with Crippen LogP contribution in [0.5, 0.6) is 0 Å². The predicted molar refractivity (Wildman–Crippen MR) is 74.8 cm³/mol. The SMILES string of the molecule is CC1CNCCc2c1nc1ccnn1c2N1CCC1. The molecule has 19 heavy (non-hydrogen) atoms. The normalized spacial score (nSPS) is 23.0. The van der Waals surface area contributed by atoms with E-state index in [9.17, 15) is 0 Å². The second kappa shape index (κ2) is 4.20. The van der Waals surface area contributed by atoms with Crippen LogP contribution in [0, 0.1) is 0 Å². The van der Waals surface area contributed by atoms with Crippen LogP contribution in [0.25, 0.3) is 5.65 Å². The monoisotopic (exact) mass is 257 g/mol. The lowest BCUT2D eigenvalue weighted by molar-refractivity contribution is 0.593. The van der Waals surface area contributed by atoms with Gasteiger partial charge >= 0.3 is 0 Å². The maximum Gasteiger partial charge on any atom is 0.157 e.